The molecule has 0 amide bonds. The first-order chi connectivity index (χ1) is 10.6. The molecule has 4 heteroatoms. The topological polar surface area (TPSA) is 46.1 Å². The van der Waals surface area contributed by atoms with E-state index < -0.39 is 5.97 Å². The molecule has 0 unspecified atom stereocenters. The lowest BCUT2D eigenvalue weighted by Crippen LogP contribution is -2.37. The Morgan fingerprint density at radius 3 is 2.05 bits per heavy atom. The predicted octanol–water partition coefficient (Wildman–Crippen LogP) is 3.07. The zero-order valence-electron chi connectivity index (χ0n) is 12.5. The summed E-state index contributed by atoms with van der Waals surface area (Å²) in [5.41, 5.74) is 3.93. The molecule has 0 aliphatic rings. The third-order valence-electron chi connectivity index (χ3n) is 3.64. The minimum absolute atomic E-state index is 0.202. The van der Waals surface area contributed by atoms with Crippen LogP contribution in [0, 0.1) is 13.8 Å². The van der Waals surface area contributed by atoms with Crippen LogP contribution in [0.4, 0.5) is 0 Å². The molecule has 1 N–H and O–H groups in total. The molecule has 0 saturated carbocycles. The number of nitrogens with zero attached hydrogens (tertiary/aromatic N) is 2. The van der Waals surface area contributed by atoms with Crippen LogP contribution < -0.4 is 4.57 Å². The summed E-state index contributed by atoms with van der Waals surface area (Å²) in [6, 6.07) is 15.5. The fourth-order valence-corrected chi connectivity index (χ4v) is 2.42. The van der Waals surface area contributed by atoms with Gasteiger partial charge in [0.1, 0.15) is 23.8 Å². The van der Waals surface area contributed by atoms with E-state index in [1.807, 2.05) is 62.4 Å². The minimum Gasteiger partial charge on any atom is -0.472 e. The highest BCUT2D eigenvalue weighted by atomic mass is 16.4. The Hall–Kier alpha value is -2.88. The highest BCUT2D eigenvalue weighted by molar-refractivity contribution is 5.83. The van der Waals surface area contributed by atoms with Gasteiger partial charge in [0.25, 0.3) is 0 Å². The van der Waals surface area contributed by atoms with E-state index in [0.29, 0.717) is 0 Å². The van der Waals surface area contributed by atoms with Gasteiger partial charge < -0.3 is 5.11 Å². The number of rotatable bonds is 3. The third-order valence-corrected chi connectivity index (χ3v) is 3.64. The van der Waals surface area contributed by atoms with Gasteiger partial charge in [0, 0.05) is 0 Å². The van der Waals surface area contributed by atoms with Gasteiger partial charge in [-0.05, 0) is 38.1 Å². The molecular weight excluding hydrogens is 276 g/mol. The zero-order chi connectivity index (χ0) is 15.7. The molecule has 3 aromatic rings. The number of carbonyl (C=O) groups is 1. The van der Waals surface area contributed by atoms with E-state index in [2.05, 4.69) is 0 Å². The molecule has 0 atom stereocenters. The van der Waals surface area contributed by atoms with Crippen LogP contribution in [0.2, 0.25) is 0 Å². The van der Waals surface area contributed by atoms with E-state index in [-0.39, 0.29) is 5.82 Å². The van der Waals surface area contributed by atoms with E-state index in [4.69, 9.17) is 0 Å². The molecule has 0 fully saturated rings. The maximum Gasteiger partial charge on any atom is 0.420 e. The molecule has 110 valence electrons. The van der Waals surface area contributed by atoms with Crippen molar-refractivity contribution in [3.05, 3.63) is 77.9 Å². The second kappa shape index (κ2) is 5.48. The number of carboxylic acids is 1. The Kier molecular flexibility index (Phi) is 3.51. The molecule has 4 nitrogen and oxygen atoms in total. The Labute approximate surface area is 128 Å². The van der Waals surface area contributed by atoms with Crippen LogP contribution in [0.3, 0.4) is 0 Å². The smallest absolute Gasteiger partial charge is 0.420 e. The summed E-state index contributed by atoms with van der Waals surface area (Å²) in [5.74, 6) is -0.765. The van der Waals surface area contributed by atoms with Crippen LogP contribution in [0.15, 0.2) is 60.9 Å². The third kappa shape index (κ3) is 2.51. The fourth-order valence-electron chi connectivity index (χ4n) is 2.42. The zero-order valence-corrected chi connectivity index (χ0v) is 12.5. The number of benzene rings is 2. The van der Waals surface area contributed by atoms with Gasteiger partial charge in [0.2, 0.25) is 0 Å². The quantitative estimate of drug-likeness (QED) is 0.754. The number of aromatic carboxylic acids is 1. The lowest BCUT2D eigenvalue weighted by Gasteiger charge is -2.02. The molecule has 3 rings (SSSR count). The number of imidazole rings is 1. The van der Waals surface area contributed by atoms with Crippen LogP contribution in [0.1, 0.15) is 21.7 Å². The van der Waals surface area contributed by atoms with Gasteiger partial charge in [-0.25, -0.2) is 4.79 Å². The van der Waals surface area contributed by atoms with Gasteiger partial charge in [-0.15, -0.1) is 0 Å². The highest BCUT2D eigenvalue weighted by Gasteiger charge is 2.27. The van der Waals surface area contributed by atoms with Crippen LogP contribution in [0.5, 0.6) is 0 Å². The molecule has 0 bridgehead atoms. The van der Waals surface area contributed by atoms with Crippen molar-refractivity contribution >= 4 is 5.97 Å². The number of hydrogen-bond acceptors (Lipinski definition) is 1. The van der Waals surface area contributed by atoms with Gasteiger partial charge in [-0.2, -0.15) is 9.13 Å². The monoisotopic (exact) mass is 293 g/mol. The largest absolute Gasteiger partial charge is 0.472 e. The summed E-state index contributed by atoms with van der Waals surface area (Å²) in [4.78, 5) is 11.7. The molecule has 1 heterocycles. The summed E-state index contributed by atoms with van der Waals surface area (Å²) in [6.45, 7) is 4.01. The van der Waals surface area contributed by atoms with E-state index in [1.165, 1.54) is 0 Å². The van der Waals surface area contributed by atoms with Gasteiger partial charge in [0.05, 0.1) is 0 Å². The van der Waals surface area contributed by atoms with Crippen LogP contribution >= 0.6 is 0 Å². The van der Waals surface area contributed by atoms with Crippen molar-refractivity contribution in [1.29, 1.82) is 0 Å². The maximum atomic E-state index is 11.7. The molecule has 0 aliphatic carbocycles. The van der Waals surface area contributed by atoms with E-state index in [9.17, 15) is 9.90 Å². The van der Waals surface area contributed by atoms with Gasteiger partial charge in [0.15, 0.2) is 0 Å². The second-order valence-corrected chi connectivity index (χ2v) is 5.34. The van der Waals surface area contributed by atoms with Crippen LogP contribution in [-0.2, 0) is 0 Å². The number of hydrogen-bond donors (Lipinski definition) is 1. The van der Waals surface area contributed by atoms with Crippen LogP contribution in [-0.4, -0.2) is 15.6 Å². The summed E-state index contributed by atoms with van der Waals surface area (Å²) in [6.07, 6.45) is 3.54. The first kappa shape index (κ1) is 14.1. The van der Waals surface area contributed by atoms with Crippen molar-refractivity contribution in [3.63, 3.8) is 0 Å². The summed E-state index contributed by atoms with van der Waals surface area (Å²) in [7, 11) is 0. The van der Waals surface area contributed by atoms with E-state index in [0.717, 1.165) is 22.5 Å². The van der Waals surface area contributed by atoms with Gasteiger partial charge in [-0.1, -0.05) is 35.4 Å². The summed E-state index contributed by atoms with van der Waals surface area (Å²) >= 11 is 0. The molecule has 0 radical (unpaired) electrons. The van der Waals surface area contributed by atoms with Crippen molar-refractivity contribution in [2.24, 2.45) is 0 Å². The van der Waals surface area contributed by atoms with E-state index in [1.54, 1.807) is 21.5 Å². The summed E-state index contributed by atoms with van der Waals surface area (Å²) in [5, 5.41) is 9.63. The first-order valence-corrected chi connectivity index (χ1v) is 7.06. The Balaban J connectivity index is 2.15. The lowest BCUT2D eigenvalue weighted by atomic mass is 10.2. The highest BCUT2D eigenvalue weighted by Crippen LogP contribution is 2.13. The normalized spacial score (nSPS) is 10.6. The van der Waals surface area contributed by atoms with Crippen molar-refractivity contribution in [2.45, 2.75) is 13.8 Å². The standard InChI is InChI=1S/C18H16N2O2/c1-13-3-7-15(8-4-13)19-11-12-20(17(19)18(21)22)16-9-5-14(2)6-10-16/h3-12H,1-2H3/p+1. The number of carboxylic acid groups (broad SMARTS) is 1. The Morgan fingerprint density at radius 1 is 0.955 bits per heavy atom. The predicted molar refractivity (Wildman–Crippen MR) is 83.7 cm³/mol. The average molecular weight is 293 g/mol. The lowest BCUT2D eigenvalue weighted by molar-refractivity contribution is -0.597. The summed E-state index contributed by atoms with van der Waals surface area (Å²) < 4.78 is 3.36. The van der Waals surface area contributed by atoms with Crippen molar-refractivity contribution in [1.82, 2.24) is 4.57 Å². The fraction of sp³-hybridized carbons (Fsp3) is 0.111. The first-order valence-electron chi connectivity index (χ1n) is 7.06. The van der Waals surface area contributed by atoms with Crippen molar-refractivity contribution in [2.75, 3.05) is 0 Å². The van der Waals surface area contributed by atoms with E-state index >= 15 is 0 Å². The van der Waals surface area contributed by atoms with Crippen LogP contribution in [0.25, 0.3) is 11.4 Å². The van der Waals surface area contributed by atoms with Crippen molar-refractivity contribution < 1.29 is 14.5 Å². The number of aromatic nitrogens is 2. The molecule has 0 aliphatic heterocycles. The molecule has 1 aromatic heterocycles. The molecule has 0 saturated heterocycles. The Bertz CT molecular complexity index is 752. The second-order valence-electron chi connectivity index (χ2n) is 5.34. The molecule has 2 aromatic carbocycles. The maximum absolute atomic E-state index is 11.7. The molecule has 22 heavy (non-hydrogen) atoms. The Morgan fingerprint density at radius 2 is 1.50 bits per heavy atom. The van der Waals surface area contributed by atoms with Gasteiger partial charge in [-0.3, -0.25) is 0 Å². The SMILES string of the molecule is Cc1ccc(-n2cc[n+](-c3ccc(C)cc3)c2C(=O)O)cc1. The molecular formula is C18H17N2O2+. The van der Waals surface area contributed by atoms with Gasteiger partial charge >= 0.3 is 11.8 Å². The minimum atomic E-state index is -0.967. The number of aryl methyl sites for hydroxylation is 2. The molecule has 0 spiro atoms. The average Bonchev–Trinajstić information content (AvgIpc) is 2.94. The van der Waals surface area contributed by atoms with Crippen molar-refractivity contribution in [3.8, 4) is 11.4 Å².